The third-order valence-corrected chi connectivity index (χ3v) is 5.02. The summed E-state index contributed by atoms with van der Waals surface area (Å²) in [7, 11) is 0. The van der Waals surface area contributed by atoms with E-state index in [4.69, 9.17) is 5.73 Å². The van der Waals surface area contributed by atoms with Gasteiger partial charge in [-0.25, -0.2) is 0 Å². The lowest BCUT2D eigenvalue weighted by Gasteiger charge is -2.26. The van der Waals surface area contributed by atoms with Gasteiger partial charge in [-0.3, -0.25) is 9.69 Å². The van der Waals surface area contributed by atoms with Gasteiger partial charge in [0.2, 0.25) is 0 Å². The molecule has 0 aromatic heterocycles. The van der Waals surface area contributed by atoms with Crippen LogP contribution in [0, 0.1) is 0 Å². The van der Waals surface area contributed by atoms with Gasteiger partial charge >= 0.3 is 0 Å². The molecule has 2 heterocycles. The lowest BCUT2D eigenvalue weighted by molar-refractivity contribution is -0.110. The van der Waals surface area contributed by atoms with Crippen LogP contribution in [0.5, 0.6) is 0 Å². The highest BCUT2D eigenvalue weighted by Crippen LogP contribution is 2.33. The van der Waals surface area contributed by atoms with Crippen molar-refractivity contribution in [2.75, 3.05) is 29.5 Å². The number of anilines is 3. The third-order valence-electron chi connectivity index (χ3n) is 5.02. The first kappa shape index (κ1) is 16.7. The molecular weight excluding hydrogens is 324 g/mol. The highest BCUT2D eigenvalue weighted by atomic mass is 16.2. The summed E-state index contributed by atoms with van der Waals surface area (Å²) < 4.78 is 0. The van der Waals surface area contributed by atoms with Crippen molar-refractivity contribution in [3.8, 4) is 0 Å². The fourth-order valence-electron chi connectivity index (χ4n) is 3.59. The highest BCUT2D eigenvalue weighted by Gasteiger charge is 2.24. The number of nitrogens with two attached hydrogens (primary N) is 1. The average Bonchev–Trinajstić information content (AvgIpc) is 2.96. The van der Waals surface area contributed by atoms with Gasteiger partial charge < -0.3 is 16.4 Å². The molecule has 0 spiro atoms. The van der Waals surface area contributed by atoms with E-state index in [1.165, 1.54) is 37.9 Å². The Morgan fingerprint density at radius 2 is 1.85 bits per heavy atom. The summed E-state index contributed by atoms with van der Waals surface area (Å²) in [5.41, 5.74) is 11.0. The normalized spacial score (nSPS) is 18.6. The van der Waals surface area contributed by atoms with Crippen LogP contribution in [0.4, 0.5) is 17.1 Å². The molecule has 5 heteroatoms. The Kier molecular flexibility index (Phi) is 4.63. The Bertz CT molecular complexity index is 836. The summed E-state index contributed by atoms with van der Waals surface area (Å²) in [4.78, 5) is 14.7. The van der Waals surface area contributed by atoms with Gasteiger partial charge in [-0.05, 0) is 61.8 Å². The Morgan fingerprint density at radius 1 is 1.08 bits per heavy atom. The second kappa shape index (κ2) is 7.22. The van der Waals surface area contributed by atoms with Crippen LogP contribution >= 0.6 is 0 Å². The number of hydrogen-bond donors (Lipinski definition) is 3. The van der Waals surface area contributed by atoms with Crippen LogP contribution in [0.3, 0.4) is 0 Å². The van der Waals surface area contributed by atoms with E-state index in [9.17, 15) is 4.79 Å². The number of nitrogen functional groups attached to an aromatic ring is 1. The molecule has 1 amide bonds. The second-order valence-corrected chi connectivity index (χ2v) is 7.00. The van der Waals surface area contributed by atoms with E-state index in [1.54, 1.807) is 12.3 Å². The molecule has 0 unspecified atom stereocenters. The van der Waals surface area contributed by atoms with E-state index in [1.807, 2.05) is 12.1 Å². The molecule has 26 heavy (non-hydrogen) atoms. The first-order valence-corrected chi connectivity index (χ1v) is 9.18. The molecule has 1 fully saturated rings. The zero-order chi connectivity index (χ0) is 17.9. The minimum Gasteiger partial charge on any atom is -0.399 e. The maximum atomic E-state index is 12.2. The maximum absolute atomic E-state index is 12.2. The summed E-state index contributed by atoms with van der Waals surface area (Å²) in [5, 5.41) is 6.09. The van der Waals surface area contributed by atoms with Gasteiger partial charge in [0.15, 0.2) is 0 Å². The largest absolute Gasteiger partial charge is 0.399 e. The Labute approximate surface area is 153 Å². The predicted octanol–water partition coefficient (Wildman–Crippen LogP) is 3.66. The number of piperidine rings is 1. The molecule has 134 valence electrons. The van der Waals surface area contributed by atoms with E-state index >= 15 is 0 Å². The van der Waals surface area contributed by atoms with Gasteiger partial charge in [-0.1, -0.05) is 18.6 Å². The Hall–Kier alpha value is -2.79. The van der Waals surface area contributed by atoms with Crippen LogP contribution < -0.4 is 16.4 Å². The molecule has 0 saturated carbocycles. The minimum atomic E-state index is -0.111. The van der Waals surface area contributed by atoms with Crippen LogP contribution in [-0.4, -0.2) is 23.9 Å². The van der Waals surface area contributed by atoms with Crippen molar-refractivity contribution < 1.29 is 4.79 Å². The van der Waals surface area contributed by atoms with E-state index in [0.717, 1.165) is 23.5 Å². The van der Waals surface area contributed by atoms with Crippen molar-refractivity contribution in [2.24, 2.45) is 0 Å². The first-order chi connectivity index (χ1) is 12.7. The van der Waals surface area contributed by atoms with Crippen molar-refractivity contribution in [3.05, 3.63) is 59.8 Å². The van der Waals surface area contributed by atoms with E-state index in [0.29, 0.717) is 11.3 Å². The number of hydrogen-bond acceptors (Lipinski definition) is 4. The summed E-state index contributed by atoms with van der Waals surface area (Å²) >= 11 is 0. The number of likely N-dealkylation sites (tertiary alicyclic amines) is 1. The zero-order valence-electron chi connectivity index (χ0n) is 14.8. The molecule has 2 aromatic carbocycles. The lowest BCUT2D eigenvalue weighted by Crippen LogP contribution is -2.29. The fourth-order valence-corrected chi connectivity index (χ4v) is 3.59. The van der Waals surface area contributed by atoms with Gasteiger partial charge in [-0.15, -0.1) is 0 Å². The molecule has 2 aliphatic rings. The number of fused-ring (bicyclic) bond motifs is 1. The number of carbonyl (C=O) groups is 1. The van der Waals surface area contributed by atoms with Crippen LogP contribution in [0.1, 0.15) is 30.4 Å². The Morgan fingerprint density at radius 3 is 2.62 bits per heavy atom. The zero-order valence-corrected chi connectivity index (χ0v) is 14.8. The predicted molar refractivity (Wildman–Crippen MR) is 107 cm³/mol. The lowest BCUT2D eigenvalue weighted by atomic mass is 10.1. The van der Waals surface area contributed by atoms with E-state index < -0.39 is 0 Å². The van der Waals surface area contributed by atoms with E-state index in [2.05, 4.69) is 39.8 Å². The molecular formula is C21H24N4O. The second-order valence-electron chi connectivity index (χ2n) is 7.00. The van der Waals surface area contributed by atoms with Gasteiger partial charge in [0.1, 0.15) is 0 Å². The molecule has 1 saturated heterocycles. The van der Waals surface area contributed by atoms with E-state index in [-0.39, 0.29) is 5.91 Å². The first-order valence-electron chi connectivity index (χ1n) is 9.18. The topological polar surface area (TPSA) is 70.4 Å². The number of nitrogens with zero attached hydrogens (tertiary/aromatic N) is 1. The minimum absolute atomic E-state index is 0.111. The van der Waals surface area contributed by atoms with Crippen molar-refractivity contribution >= 4 is 28.5 Å². The number of amides is 1. The fraction of sp³-hybridized carbons (Fsp3) is 0.286. The smallest absolute Gasteiger partial charge is 0.257 e. The highest BCUT2D eigenvalue weighted by molar-refractivity contribution is 6.31. The van der Waals surface area contributed by atoms with Gasteiger partial charge in [0, 0.05) is 35.4 Å². The van der Waals surface area contributed by atoms with Gasteiger partial charge in [0.05, 0.1) is 5.57 Å². The monoisotopic (exact) mass is 348 g/mol. The van der Waals surface area contributed by atoms with Crippen LogP contribution in [0.2, 0.25) is 0 Å². The summed E-state index contributed by atoms with van der Waals surface area (Å²) in [5.74, 6) is -0.111. The molecule has 0 radical (unpaired) electrons. The summed E-state index contributed by atoms with van der Waals surface area (Å²) in [6.45, 7) is 3.41. The Balaban J connectivity index is 1.44. The quantitative estimate of drug-likeness (QED) is 0.582. The molecule has 0 bridgehead atoms. The number of benzene rings is 2. The van der Waals surface area contributed by atoms with Crippen LogP contribution in [-0.2, 0) is 11.3 Å². The number of nitrogens with one attached hydrogen (secondary N) is 2. The number of rotatable bonds is 4. The molecule has 4 rings (SSSR count). The van der Waals surface area contributed by atoms with Crippen molar-refractivity contribution in [2.45, 2.75) is 25.8 Å². The molecule has 5 nitrogen and oxygen atoms in total. The summed E-state index contributed by atoms with van der Waals surface area (Å²) in [6.07, 6.45) is 5.72. The third kappa shape index (κ3) is 3.58. The SMILES string of the molecule is Nc1ccc2c(c1)/C(=C/Nc1ccc(CN3CCCCC3)cc1)C(=O)N2. The summed E-state index contributed by atoms with van der Waals surface area (Å²) in [6, 6.07) is 13.9. The molecule has 2 aliphatic heterocycles. The molecule has 2 aromatic rings. The molecule has 0 atom stereocenters. The number of carbonyl (C=O) groups excluding carboxylic acids is 1. The maximum Gasteiger partial charge on any atom is 0.257 e. The van der Waals surface area contributed by atoms with Crippen molar-refractivity contribution in [1.29, 1.82) is 0 Å². The standard InChI is InChI=1S/C21H24N4O/c22-16-6-9-20-18(12-16)19(21(26)24-20)13-23-17-7-4-15(5-8-17)14-25-10-2-1-3-11-25/h4-9,12-13,23H,1-3,10-11,14,22H2,(H,24,26)/b19-13-. The van der Waals surface area contributed by atoms with Crippen molar-refractivity contribution in [1.82, 2.24) is 4.90 Å². The van der Waals surface area contributed by atoms with Gasteiger partial charge in [-0.2, -0.15) is 0 Å². The average molecular weight is 348 g/mol. The van der Waals surface area contributed by atoms with Crippen LogP contribution in [0.15, 0.2) is 48.7 Å². The van der Waals surface area contributed by atoms with Crippen molar-refractivity contribution in [3.63, 3.8) is 0 Å². The molecule has 4 N–H and O–H groups in total. The van der Waals surface area contributed by atoms with Gasteiger partial charge in [0.25, 0.3) is 5.91 Å². The van der Waals surface area contributed by atoms with Crippen LogP contribution in [0.25, 0.3) is 5.57 Å². The molecule has 0 aliphatic carbocycles.